The SMILES string of the molecule is O=C(c1ccc(Oc2ccccc2)cc1)N1CCN(Cc2ccc3c(c2)OCO3)CC1. The minimum absolute atomic E-state index is 0.0639. The molecule has 1 fully saturated rings. The van der Waals surface area contributed by atoms with Crippen LogP contribution in [0.4, 0.5) is 0 Å². The summed E-state index contributed by atoms with van der Waals surface area (Å²) >= 11 is 0. The predicted octanol–water partition coefficient (Wildman–Crippen LogP) is 4.17. The van der Waals surface area contributed by atoms with E-state index >= 15 is 0 Å². The number of carbonyl (C=O) groups excluding carboxylic acids is 1. The average Bonchev–Trinajstić information content (AvgIpc) is 3.28. The maximum atomic E-state index is 12.9. The molecule has 2 heterocycles. The van der Waals surface area contributed by atoms with Crippen LogP contribution in [0.3, 0.4) is 0 Å². The molecule has 2 aliphatic heterocycles. The number of amides is 1. The van der Waals surface area contributed by atoms with Gasteiger partial charge in [0.25, 0.3) is 5.91 Å². The largest absolute Gasteiger partial charge is 0.457 e. The summed E-state index contributed by atoms with van der Waals surface area (Å²) in [6.07, 6.45) is 0. The summed E-state index contributed by atoms with van der Waals surface area (Å²) in [6, 6.07) is 23.0. The third kappa shape index (κ3) is 4.49. The molecule has 1 saturated heterocycles. The van der Waals surface area contributed by atoms with E-state index in [1.807, 2.05) is 71.6 Å². The van der Waals surface area contributed by atoms with Crippen molar-refractivity contribution < 1.29 is 19.0 Å². The van der Waals surface area contributed by atoms with Gasteiger partial charge in [-0.25, -0.2) is 0 Å². The Morgan fingerprint density at radius 3 is 2.29 bits per heavy atom. The molecular formula is C25H24N2O4. The number of hydrogen-bond donors (Lipinski definition) is 0. The van der Waals surface area contributed by atoms with Crippen molar-refractivity contribution in [1.29, 1.82) is 0 Å². The third-order valence-corrected chi connectivity index (χ3v) is 5.58. The van der Waals surface area contributed by atoms with Gasteiger partial charge >= 0.3 is 0 Å². The van der Waals surface area contributed by atoms with Crippen molar-refractivity contribution in [3.63, 3.8) is 0 Å². The van der Waals surface area contributed by atoms with Crippen molar-refractivity contribution in [2.45, 2.75) is 6.54 Å². The van der Waals surface area contributed by atoms with Crippen LogP contribution in [0.25, 0.3) is 0 Å². The third-order valence-electron chi connectivity index (χ3n) is 5.58. The molecule has 0 atom stereocenters. The number of piperazine rings is 1. The first-order chi connectivity index (χ1) is 15.2. The van der Waals surface area contributed by atoms with E-state index in [0.717, 1.165) is 42.6 Å². The topological polar surface area (TPSA) is 51.2 Å². The molecule has 0 radical (unpaired) electrons. The van der Waals surface area contributed by atoms with Gasteiger partial charge in [0.05, 0.1) is 0 Å². The summed E-state index contributed by atoms with van der Waals surface area (Å²) in [7, 11) is 0. The Balaban J connectivity index is 1.14. The van der Waals surface area contributed by atoms with Gasteiger partial charge in [-0.15, -0.1) is 0 Å². The molecule has 5 rings (SSSR count). The molecule has 2 aliphatic rings. The highest BCUT2D eigenvalue weighted by Crippen LogP contribution is 2.33. The van der Waals surface area contributed by atoms with Gasteiger partial charge < -0.3 is 19.1 Å². The summed E-state index contributed by atoms with van der Waals surface area (Å²) in [4.78, 5) is 17.2. The lowest BCUT2D eigenvalue weighted by Gasteiger charge is -2.34. The molecule has 0 bridgehead atoms. The van der Waals surface area contributed by atoms with Crippen LogP contribution in [0.1, 0.15) is 15.9 Å². The summed E-state index contributed by atoms with van der Waals surface area (Å²) in [5, 5.41) is 0. The highest BCUT2D eigenvalue weighted by Gasteiger charge is 2.23. The monoisotopic (exact) mass is 416 g/mol. The van der Waals surface area contributed by atoms with Crippen molar-refractivity contribution in [2.24, 2.45) is 0 Å². The number of rotatable bonds is 5. The number of hydrogen-bond acceptors (Lipinski definition) is 5. The molecule has 0 saturated carbocycles. The van der Waals surface area contributed by atoms with Crippen LogP contribution < -0.4 is 14.2 Å². The van der Waals surface area contributed by atoms with Gasteiger partial charge in [0.1, 0.15) is 11.5 Å². The Morgan fingerprint density at radius 2 is 1.52 bits per heavy atom. The minimum atomic E-state index is 0.0639. The first-order valence-electron chi connectivity index (χ1n) is 10.5. The second kappa shape index (κ2) is 8.70. The van der Waals surface area contributed by atoms with Gasteiger partial charge in [0, 0.05) is 38.3 Å². The van der Waals surface area contributed by atoms with E-state index in [1.165, 1.54) is 5.56 Å². The summed E-state index contributed by atoms with van der Waals surface area (Å²) in [5.41, 5.74) is 1.88. The van der Waals surface area contributed by atoms with E-state index in [1.54, 1.807) is 0 Å². The molecule has 6 heteroatoms. The summed E-state index contributed by atoms with van der Waals surface area (Å²) in [5.74, 6) is 3.18. The second-order valence-electron chi connectivity index (χ2n) is 7.70. The molecule has 0 unspecified atom stereocenters. The standard InChI is InChI=1S/C25H24N2O4/c28-25(20-7-9-22(10-8-20)31-21-4-2-1-3-5-21)27-14-12-26(13-15-27)17-19-6-11-23-24(16-19)30-18-29-23/h1-11,16H,12-15,17-18H2. The zero-order valence-electron chi connectivity index (χ0n) is 17.2. The van der Waals surface area contributed by atoms with E-state index in [9.17, 15) is 4.79 Å². The zero-order valence-corrected chi connectivity index (χ0v) is 17.2. The van der Waals surface area contributed by atoms with E-state index in [-0.39, 0.29) is 5.91 Å². The van der Waals surface area contributed by atoms with Crippen molar-refractivity contribution in [2.75, 3.05) is 33.0 Å². The zero-order chi connectivity index (χ0) is 21.0. The minimum Gasteiger partial charge on any atom is -0.457 e. The Bertz CT molecular complexity index is 1040. The number of nitrogens with zero attached hydrogens (tertiary/aromatic N) is 2. The average molecular weight is 416 g/mol. The van der Waals surface area contributed by atoms with Crippen LogP contribution in [0.5, 0.6) is 23.0 Å². The molecule has 3 aromatic carbocycles. The fraction of sp³-hybridized carbons (Fsp3) is 0.240. The highest BCUT2D eigenvalue weighted by molar-refractivity contribution is 5.94. The Morgan fingerprint density at radius 1 is 0.806 bits per heavy atom. The van der Waals surface area contributed by atoms with Crippen molar-refractivity contribution >= 4 is 5.91 Å². The number of benzene rings is 3. The van der Waals surface area contributed by atoms with E-state index in [4.69, 9.17) is 14.2 Å². The normalized spacial score (nSPS) is 15.7. The lowest BCUT2D eigenvalue weighted by Crippen LogP contribution is -2.48. The van der Waals surface area contributed by atoms with E-state index in [0.29, 0.717) is 25.4 Å². The maximum Gasteiger partial charge on any atom is 0.253 e. The van der Waals surface area contributed by atoms with Crippen LogP contribution in [-0.4, -0.2) is 48.7 Å². The van der Waals surface area contributed by atoms with Gasteiger partial charge in [-0.1, -0.05) is 24.3 Å². The van der Waals surface area contributed by atoms with Gasteiger partial charge in [-0.05, 0) is 54.1 Å². The van der Waals surface area contributed by atoms with Crippen LogP contribution in [0.2, 0.25) is 0 Å². The predicted molar refractivity (Wildman–Crippen MR) is 117 cm³/mol. The van der Waals surface area contributed by atoms with Gasteiger partial charge in [-0.2, -0.15) is 0 Å². The Labute approximate surface area is 181 Å². The first kappa shape index (κ1) is 19.5. The fourth-order valence-corrected chi connectivity index (χ4v) is 3.88. The lowest BCUT2D eigenvalue weighted by molar-refractivity contribution is 0.0628. The molecule has 31 heavy (non-hydrogen) atoms. The van der Waals surface area contributed by atoms with Gasteiger partial charge in [-0.3, -0.25) is 9.69 Å². The van der Waals surface area contributed by atoms with Crippen LogP contribution in [-0.2, 0) is 6.54 Å². The van der Waals surface area contributed by atoms with Crippen molar-refractivity contribution in [3.05, 3.63) is 83.9 Å². The molecular weight excluding hydrogens is 392 g/mol. The number of para-hydroxylation sites is 1. The molecule has 3 aromatic rings. The van der Waals surface area contributed by atoms with E-state index < -0.39 is 0 Å². The lowest BCUT2D eigenvalue weighted by atomic mass is 10.1. The molecule has 0 aliphatic carbocycles. The maximum absolute atomic E-state index is 12.9. The highest BCUT2D eigenvalue weighted by atomic mass is 16.7. The molecule has 158 valence electrons. The number of fused-ring (bicyclic) bond motifs is 1. The smallest absolute Gasteiger partial charge is 0.253 e. The number of carbonyl (C=O) groups is 1. The van der Waals surface area contributed by atoms with Crippen molar-refractivity contribution in [3.8, 4) is 23.0 Å². The van der Waals surface area contributed by atoms with Crippen LogP contribution in [0, 0.1) is 0 Å². The molecule has 1 amide bonds. The fourth-order valence-electron chi connectivity index (χ4n) is 3.88. The molecule has 0 N–H and O–H groups in total. The Kier molecular flexibility index (Phi) is 5.46. The summed E-state index contributed by atoms with van der Waals surface area (Å²) in [6.45, 7) is 4.24. The molecule has 0 aromatic heterocycles. The first-order valence-corrected chi connectivity index (χ1v) is 10.5. The van der Waals surface area contributed by atoms with E-state index in [2.05, 4.69) is 11.0 Å². The van der Waals surface area contributed by atoms with Crippen molar-refractivity contribution in [1.82, 2.24) is 9.80 Å². The number of ether oxygens (including phenoxy) is 3. The molecule has 6 nitrogen and oxygen atoms in total. The van der Waals surface area contributed by atoms with Crippen LogP contribution >= 0.6 is 0 Å². The quantitative estimate of drug-likeness (QED) is 0.625. The summed E-state index contributed by atoms with van der Waals surface area (Å²) < 4.78 is 16.6. The van der Waals surface area contributed by atoms with Crippen LogP contribution in [0.15, 0.2) is 72.8 Å². The second-order valence-corrected chi connectivity index (χ2v) is 7.70. The van der Waals surface area contributed by atoms with Gasteiger partial charge in [0.15, 0.2) is 11.5 Å². The molecule has 0 spiro atoms. The Hall–Kier alpha value is -3.51. The van der Waals surface area contributed by atoms with Gasteiger partial charge in [0.2, 0.25) is 6.79 Å².